The Hall–Kier alpha value is -2.32. The number of hydrogen-bond acceptors (Lipinski definition) is 4. The van der Waals surface area contributed by atoms with Gasteiger partial charge in [0.1, 0.15) is 11.6 Å². The molecule has 0 fully saturated rings. The SMILES string of the molecule is Cc1ccc(S(=O)(=O)Nc2ccc(F)cc2Cl)c(C)c1OCC(=O)O. The Morgan fingerprint density at radius 3 is 2.56 bits per heavy atom. The third kappa shape index (κ3) is 4.40. The molecule has 0 aliphatic carbocycles. The lowest BCUT2D eigenvalue weighted by Gasteiger charge is -2.16. The lowest BCUT2D eigenvalue weighted by Crippen LogP contribution is -2.16. The number of carboxylic acids is 1. The third-order valence-corrected chi connectivity index (χ3v) is 5.18. The Morgan fingerprint density at radius 2 is 1.96 bits per heavy atom. The highest BCUT2D eigenvalue weighted by molar-refractivity contribution is 7.92. The fourth-order valence-corrected chi connectivity index (χ4v) is 3.82. The number of anilines is 1. The van der Waals surface area contributed by atoms with E-state index >= 15 is 0 Å². The zero-order chi connectivity index (χ0) is 18.8. The normalized spacial score (nSPS) is 11.2. The number of benzene rings is 2. The molecule has 9 heteroatoms. The summed E-state index contributed by atoms with van der Waals surface area (Å²) in [5, 5.41) is 8.65. The van der Waals surface area contributed by atoms with Crippen LogP contribution < -0.4 is 9.46 Å². The lowest BCUT2D eigenvalue weighted by atomic mass is 10.1. The molecule has 0 spiro atoms. The molecule has 0 radical (unpaired) electrons. The average Bonchev–Trinajstić information content (AvgIpc) is 2.49. The van der Waals surface area contributed by atoms with Gasteiger partial charge in [-0.15, -0.1) is 0 Å². The molecule has 25 heavy (non-hydrogen) atoms. The number of sulfonamides is 1. The predicted octanol–water partition coefficient (Wildman–Crippen LogP) is 3.36. The number of aliphatic carboxylic acids is 1. The molecule has 0 atom stereocenters. The van der Waals surface area contributed by atoms with E-state index in [9.17, 15) is 17.6 Å². The number of rotatable bonds is 6. The van der Waals surface area contributed by atoms with Gasteiger partial charge in [0.05, 0.1) is 15.6 Å². The van der Waals surface area contributed by atoms with E-state index in [2.05, 4.69) is 4.72 Å². The highest BCUT2D eigenvalue weighted by Crippen LogP contribution is 2.31. The van der Waals surface area contributed by atoms with E-state index in [-0.39, 0.29) is 26.9 Å². The lowest BCUT2D eigenvalue weighted by molar-refractivity contribution is -0.139. The van der Waals surface area contributed by atoms with Gasteiger partial charge >= 0.3 is 5.97 Å². The third-order valence-electron chi connectivity index (χ3n) is 3.36. The molecule has 2 aromatic carbocycles. The molecule has 2 aromatic rings. The van der Waals surface area contributed by atoms with Crippen molar-refractivity contribution in [2.45, 2.75) is 18.7 Å². The van der Waals surface area contributed by atoms with E-state index in [1.54, 1.807) is 6.92 Å². The first kappa shape index (κ1) is 19.0. The monoisotopic (exact) mass is 387 g/mol. The summed E-state index contributed by atoms with van der Waals surface area (Å²) in [7, 11) is -4.04. The molecule has 0 saturated heterocycles. The molecule has 0 aliphatic heterocycles. The van der Waals surface area contributed by atoms with Crippen molar-refractivity contribution >= 4 is 33.3 Å². The van der Waals surface area contributed by atoms with Gasteiger partial charge in [0.2, 0.25) is 0 Å². The molecule has 6 nitrogen and oxygen atoms in total. The Morgan fingerprint density at radius 1 is 1.28 bits per heavy atom. The molecular formula is C16H15ClFNO5S. The van der Waals surface area contributed by atoms with E-state index < -0.39 is 28.4 Å². The van der Waals surface area contributed by atoms with Crippen molar-refractivity contribution in [3.8, 4) is 5.75 Å². The van der Waals surface area contributed by atoms with Crippen LogP contribution in [0, 0.1) is 19.7 Å². The summed E-state index contributed by atoms with van der Waals surface area (Å²) >= 11 is 5.85. The Balaban J connectivity index is 2.42. The quantitative estimate of drug-likeness (QED) is 0.792. The van der Waals surface area contributed by atoms with E-state index in [1.807, 2.05) is 0 Å². The van der Waals surface area contributed by atoms with Gasteiger partial charge in [0.15, 0.2) is 6.61 Å². The second-order valence-corrected chi connectivity index (χ2v) is 7.30. The Bertz CT molecular complexity index is 930. The maximum absolute atomic E-state index is 13.1. The van der Waals surface area contributed by atoms with Crippen LogP contribution in [0.15, 0.2) is 35.2 Å². The van der Waals surface area contributed by atoms with E-state index in [0.29, 0.717) is 5.56 Å². The molecule has 0 amide bonds. The largest absolute Gasteiger partial charge is 0.481 e. The average molecular weight is 388 g/mol. The van der Waals surface area contributed by atoms with Crippen LogP contribution in [0.4, 0.5) is 10.1 Å². The number of aryl methyl sites for hydroxylation is 1. The van der Waals surface area contributed by atoms with Crippen molar-refractivity contribution in [1.82, 2.24) is 0 Å². The van der Waals surface area contributed by atoms with Crippen LogP contribution in [0.2, 0.25) is 5.02 Å². The standard InChI is InChI=1S/C16H15ClFNO5S/c1-9-3-6-14(10(2)16(9)24-8-15(20)21)25(22,23)19-13-5-4-11(18)7-12(13)17/h3-7,19H,8H2,1-2H3,(H,20,21). The summed E-state index contributed by atoms with van der Waals surface area (Å²) < 4.78 is 45.8. The minimum atomic E-state index is -4.04. The summed E-state index contributed by atoms with van der Waals surface area (Å²) in [6, 6.07) is 6.15. The smallest absolute Gasteiger partial charge is 0.341 e. The Kier molecular flexibility index (Phi) is 5.54. The van der Waals surface area contributed by atoms with Crippen molar-refractivity contribution in [2.75, 3.05) is 11.3 Å². The van der Waals surface area contributed by atoms with Gasteiger partial charge in [-0.2, -0.15) is 0 Å². The number of carboxylic acid groups (broad SMARTS) is 1. The van der Waals surface area contributed by atoms with Gasteiger partial charge in [-0.3, -0.25) is 4.72 Å². The summed E-state index contributed by atoms with van der Waals surface area (Å²) in [5.41, 5.74) is 0.876. The zero-order valence-corrected chi connectivity index (χ0v) is 14.9. The van der Waals surface area contributed by atoms with Crippen LogP contribution in [-0.2, 0) is 14.8 Å². The number of nitrogens with one attached hydrogen (secondary N) is 1. The van der Waals surface area contributed by atoms with Crippen molar-refractivity contribution in [1.29, 1.82) is 0 Å². The van der Waals surface area contributed by atoms with E-state index in [4.69, 9.17) is 21.4 Å². The minimum absolute atomic E-state index is 0.0241. The van der Waals surface area contributed by atoms with Crippen LogP contribution in [0.1, 0.15) is 11.1 Å². The second-order valence-electron chi connectivity index (χ2n) is 5.25. The van der Waals surface area contributed by atoms with Crippen LogP contribution in [0.5, 0.6) is 5.75 Å². The molecule has 0 saturated carbocycles. The summed E-state index contributed by atoms with van der Waals surface area (Å²) in [6.07, 6.45) is 0. The van der Waals surface area contributed by atoms with Gasteiger partial charge in [-0.05, 0) is 43.7 Å². The Labute approximate surface area is 149 Å². The molecule has 0 unspecified atom stereocenters. The van der Waals surface area contributed by atoms with Crippen LogP contribution in [-0.4, -0.2) is 26.1 Å². The van der Waals surface area contributed by atoms with E-state index in [0.717, 1.165) is 12.1 Å². The number of hydrogen-bond donors (Lipinski definition) is 2. The van der Waals surface area contributed by atoms with Crippen LogP contribution in [0.25, 0.3) is 0 Å². The van der Waals surface area contributed by atoms with E-state index in [1.165, 1.54) is 25.1 Å². The maximum atomic E-state index is 13.1. The summed E-state index contributed by atoms with van der Waals surface area (Å²) in [4.78, 5) is 10.6. The zero-order valence-electron chi connectivity index (χ0n) is 13.3. The van der Waals surface area contributed by atoms with Gasteiger partial charge in [0.25, 0.3) is 10.0 Å². The van der Waals surface area contributed by atoms with Crippen molar-refractivity contribution < 1.29 is 27.4 Å². The molecule has 0 aromatic heterocycles. The molecule has 0 bridgehead atoms. The topological polar surface area (TPSA) is 92.7 Å². The van der Waals surface area contributed by atoms with Gasteiger partial charge in [-0.25, -0.2) is 17.6 Å². The molecule has 2 N–H and O–H groups in total. The highest BCUT2D eigenvalue weighted by atomic mass is 35.5. The second kappa shape index (κ2) is 7.28. The molecule has 2 rings (SSSR count). The van der Waals surface area contributed by atoms with Crippen molar-refractivity contribution in [3.05, 3.63) is 52.3 Å². The molecule has 0 aliphatic rings. The number of ether oxygens (including phenoxy) is 1. The first-order chi connectivity index (χ1) is 11.6. The predicted molar refractivity (Wildman–Crippen MR) is 91.3 cm³/mol. The van der Waals surface area contributed by atoms with Crippen LogP contribution in [0.3, 0.4) is 0 Å². The first-order valence-electron chi connectivity index (χ1n) is 7.04. The number of halogens is 2. The maximum Gasteiger partial charge on any atom is 0.341 e. The number of carbonyl (C=O) groups is 1. The highest BCUT2D eigenvalue weighted by Gasteiger charge is 2.22. The molecule has 0 heterocycles. The van der Waals surface area contributed by atoms with Crippen molar-refractivity contribution in [3.63, 3.8) is 0 Å². The fraction of sp³-hybridized carbons (Fsp3) is 0.188. The summed E-state index contributed by atoms with van der Waals surface area (Å²) in [6.45, 7) is 2.58. The van der Waals surface area contributed by atoms with Crippen molar-refractivity contribution in [2.24, 2.45) is 0 Å². The van der Waals surface area contributed by atoms with Gasteiger partial charge in [0, 0.05) is 5.56 Å². The minimum Gasteiger partial charge on any atom is -0.481 e. The summed E-state index contributed by atoms with van der Waals surface area (Å²) in [5.74, 6) is -1.59. The molecule has 134 valence electrons. The fourth-order valence-electron chi connectivity index (χ4n) is 2.23. The van der Waals surface area contributed by atoms with Crippen LogP contribution >= 0.6 is 11.6 Å². The first-order valence-corrected chi connectivity index (χ1v) is 8.90. The molecular weight excluding hydrogens is 373 g/mol. The van der Waals surface area contributed by atoms with Gasteiger partial charge in [-0.1, -0.05) is 17.7 Å². The van der Waals surface area contributed by atoms with Gasteiger partial charge < -0.3 is 9.84 Å².